The van der Waals surface area contributed by atoms with Crippen LogP contribution in [0.5, 0.6) is 11.5 Å². The van der Waals surface area contributed by atoms with Crippen molar-refractivity contribution in [3.8, 4) is 11.5 Å². The van der Waals surface area contributed by atoms with Crippen molar-refractivity contribution in [2.24, 2.45) is 5.92 Å². The van der Waals surface area contributed by atoms with E-state index >= 15 is 0 Å². The lowest BCUT2D eigenvalue weighted by atomic mass is 9.77. The number of hydrogen-bond acceptors (Lipinski definition) is 1. The standard InChI is InChI=1S/C25H27F3O/c1-3-5-15-7-9-16(10-8-15)20-14-19-13-18-12-11-17(6-4-2)21(26)24(18)29-25(19)23(28)22(20)27/h3,5,11-12,14-16H,4,6-10,13H2,1-2H3/b5-3+. The SMILES string of the molecule is C/C=C/C1CCC(c2cc3c(c(F)c2F)Oc2c(ccc(CCC)c2F)C3)CC1. The molecule has 0 amide bonds. The third-order valence-electron chi connectivity index (χ3n) is 6.31. The zero-order valence-corrected chi connectivity index (χ0v) is 17.0. The normalized spacial score (nSPS) is 21.0. The van der Waals surface area contributed by atoms with Crippen molar-refractivity contribution in [2.45, 2.75) is 64.7 Å². The lowest BCUT2D eigenvalue weighted by Gasteiger charge is -2.29. The van der Waals surface area contributed by atoms with Crippen LogP contribution in [0, 0.1) is 23.4 Å². The van der Waals surface area contributed by atoms with Gasteiger partial charge in [-0.2, -0.15) is 4.39 Å². The molecule has 0 saturated heterocycles. The second kappa shape index (κ2) is 8.25. The minimum Gasteiger partial charge on any atom is -0.450 e. The summed E-state index contributed by atoms with van der Waals surface area (Å²) in [7, 11) is 0. The number of fused-ring (bicyclic) bond motifs is 2. The Hall–Kier alpha value is -2.23. The molecule has 0 atom stereocenters. The van der Waals surface area contributed by atoms with E-state index in [1.54, 1.807) is 12.1 Å². The van der Waals surface area contributed by atoms with Gasteiger partial charge in [0.15, 0.2) is 23.1 Å². The molecule has 1 heterocycles. The molecule has 1 fully saturated rings. The molecular weight excluding hydrogens is 373 g/mol. The molecule has 0 unspecified atom stereocenters. The average molecular weight is 400 g/mol. The Labute approximate surface area is 170 Å². The van der Waals surface area contributed by atoms with Crippen molar-refractivity contribution in [2.75, 3.05) is 0 Å². The van der Waals surface area contributed by atoms with Gasteiger partial charge in [0.1, 0.15) is 0 Å². The number of benzene rings is 2. The molecule has 1 aliphatic carbocycles. The highest BCUT2D eigenvalue weighted by molar-refractivity contribution is 5.54. The number of hydrogen-bond donors (Lipinski definition) is 0. The molecule has 0 bridgehead atoms. The molecule has 4 rings (SSSR count). The fourth-order valence-corrected chi connectivity index (χ4v) is 4.77. The Morgan fingerprint density at radius 1 is 0.966 bits per heavy atom. The molecule has 0 radical (unpaired) electrons. The number of rotatable bonds is 4. The Kier molecular flexibility index (Phi) is 5.71. The Balaban J connectivity index is 1.65. The van der Waals surface area contributed by atoms with E-state index in [1.807, 2.05) is 19.9 Å². The predicted octanol–water partition coefficient (Wildman–Crippen LogP) is 7.60. The average Bonchev–Trinajstić information content (AvgIpc) is 2.73. The molecule has 0 N–H and O–H groups in total. The zero-order chi connectivity index (χ0) is 20.5. The number of ether oxygens (including phenoxy) is 1. The van der Waals surface area contributed by atoms with Crippen molar-refractivity contribution < 1.29 is 17.9 Å². The van der Waals surface area contributed by atoms with Crippen LogP contribution < -0.4 is 4.74 Å². The summed E-state index contributed by atoms with van der Waals surface area (Å²) >= 11 is 0. The predicted molar refractivity (Wildman–Crippen MR) is 109 cm³/mol. The van der Waals surface area contributed by atoms with Crippen LogP contribution >= 0.6 is 0 Å². The lowest BCUT2D eigenvalue weighted by Crippen LogP contribution is -2.16. The van der Waals surface area contributed by atoms with Gasteiger partial charge in [0.25, 0.3) is 0 Å². The minimum atomic E-state index is -0.987. The van der Waals surface area contributed by atoms with Crippen LogP contribution in [0.25, 0.3) is 0 Å². The molecule has 1 aliphatic heterocycles. The molecule has 2 aromatic carbocycles. The summed E-state index contributed by atoms with van der Waals surface area (Å²) in [6, 6.07) is 5.36. The van der Waals surface area contributed by atoms with Gasteiger partial charge >= 0.3 is 0 Å². The van der Waals surface area contributed by atoms with E-state index in [0.717, 1.165) is 32.1 Å². The first-order valence-electron chi connectivity index (χ1n) is 10.6. The van der Waals surface area contributed by atoms with E-state index < -0.39 is 17.5 Å². The Morgan fingerprint density at radius 3 is 2.38 bits per heavy atom. The summed E-state index contributed by atoms with van der Waals surface area (Å²) in [6.07, 6.45) is 9.65. The maximum absolute atomic E-state index is 14.9. The van der Waals surface area contributed by atoms with Crippen molar-refractivity contribution in [1.82, 2.24) is 0 Å². The van der Waals surface area contributed by atoms with Crippen molar-refractivity contribution in [3.63, 3.8) is 0 Å². The fraction of sp³-hybridized carbons (Fsp3) is 0.440. The molecule has 29 heavy (non-hydrogen) atoms. The second-order valence-corrected chi connectivity index (χ2v) is 8.28. The van der Waals surface area contributed by atoms with Crippen molar-refractivity contribution in [3.05, 3.63) is 70.1 Å². The highest BCUT2D eigenvalue weighted by Gasteiger charge is 2.31. The largest absolute Gasteiger partial charge is 0.450 e. The third-order valence-corrected chi connectivity index (χ3v) is 6.31. The van der Waals surface area contributed by atoms with E-state index in [9.17, 15) is 13.2 Å². The van der Waals surface area contributed by atoms with Crippen molar-refractivity contribution in [1.29, 1.82) is 0 Å². The van der Waals surface area contributed by atoms with Gasteiger partial charge in [0.05, 0.1) is 0 Å². The van der Waals surface area contributed by atoms with E-state index in [4.69, 9.17) is 4.74 Å². The first-order valence-corrected chi connectivity index (χ1v) is 10.6. The molecule has 4 heteroatoms. The van der Waals surface area contributed by atoms with Crippen LogP contribution in [0.3, 0.4) is 0 Å². The number of halogens is 3. The van der Waals surface area contributed by atoms with Gasteiger partial charge in [0, 0.05) is 17.5 Å². The molecule has 2 aromatic rings. The molecule has 2 aliphatic rings. The van der Waals surface area contributed by atoms with E-state index in [2.05, 4.69) is 12.2 Å². The molecule has 0 aromatic heterocycles. The zero-order valence-electron chi connectivity index (χ0n) is 17.0. The van der Waals surface area contributed by atoms with Crippen LogP contribution in [-0.2, 0) is 12.8 Å². The molecule has 1 nitrogen and oxygen atoms in total. The number of aryl methyl sites for hydroxylation is 1. The minimum absolute atomic E-state index is 0.0152. The highest BCUT2D eigenvalue weighted by atomic mass is 19.2. The van der Waals surface area contributed by atoms with Crippen molar-refractivity contribution >= 4 is 0 Å². The van der Waals surface area contributed by atoms with E-state index in [-0.39, 0.29) is 17.4 Å². The van der Waals surface area contributed by atoms with Gasteiger partial charge in [-0.05, 0) is 68.1 Å². The summed E-state index contributed by atoms with van der Waals surface area (Å²) in [5.74, 6) is -1.86. The summed E-state index contributed by atoms with van der Waals surface area (Å²) in [6.45, 7) is 3.98. The summed E-state index contributed by atoms with van der Waals surface area (Å²) in [5.41, 5.74) is 2.27. The summed E-state index contributed by atoms with van der Waals surface area (Å²) in [5, 5.41) is 0. The second-order valence-electron chi connectivity index (χ2n) is 8.28. The van der Waals surface area contributed by atoms with Crippen LogP contribution in [0.1, 0.15) is 74.1 Å². The van der Waals surface area contributed by atoms with Gasteiger partial charge in [-0.3, -0.25) is 0 Å². The third kappa shape index (κ3) is 3.70. The number of allylic oxidation sites excluding steroid dienone is 2. The Morgan fingerprint density at radius 2 is 1.69 bits per heavy atom. The first-order chi connectivity index (χ1) is 14.0. The smallest absolute Gasteiger partial charge is 0.201 e. The topological polar surface area (TPSA) is 9.23 Å². The van der Waals surface area contributed by atoms with Crippen LogP contribution in [0.4, 0.5) is 13.2 Å². The molecule has 1 saturated carbocycles. The molecular formula is C25H27F3O. The maximum Gasteiger partial charge on any atom is 0.201 e. The van der Waals surface area contributed by atoms with Gasteiger partial charge in [-0.15, -0.1) is 0 Å². The van der Waals surface area contributed by atoms with Crippen LogP contribution in [-0.4, -0.2) is 0 Å². The van der Waals surface area contributed by atoms with Gasteiger partial charge < -0.3 is 4.74 Å². The van der Waals surface area contributed by atoms with Gasteiger partial charge in [-0.25, -0.2) is 8.78 Å². The van der Waals surface area contributed by atoms with E-state index in [1.165, 1.54) is 0 Å². The summed E-state index contributed by atoms with van der Waals surface area (Å²) < 4.78 is 50.3. The van der Waals surface area contributed by atoms with Gasteiger partial charge in [0.2, 0.25) is 5.82 Å². The Bertz CT molecular complexity index is 940. The molecule has 0 spiro atoms. The lowest BCUT2D eigenvalue weighted by molar-refractivity contribution is 0.351. The fourth-order valence-electron chi connectivity index (χ4n) is 4.77. The van der Waals surface area contributed by atoms with Gasteiger partial charge in [-0.1, -0.05) is 37.6 Å². The quantitative estimate of drug-likeness (QED) is 0.410. The monoisotopic (exact) mass is 400 g/mol. The summed E-state index contributed by atoms with van der Waals surface area (Å²) in [4.78, 5) is 0. The van der Waals surface area contributed by atoms with Crippen LogP contribution in [0.2, 0.25) is 0 Å². The van der Waals surface area contributed by atoms with Crippen LogP contribution in [0.15, 0.2) is 30.4 Å². The van der Waals surface area contributed by atoms with E-state index in [0.29, 0.717) is 41.0 Å². The molecule has 154 valence electrons. The first kappa shape index (κ1) is 20.1. The highest BCUT2D eigenvalue weighted by Crippen LogP contribution is 2.45. The maximum atomic E-state index is 14.9.